The molecule has 1 atom stereocenters. The summed E-state index contributed by atoms with van der Waals surface area (Å²) in [6, 6.07) is 0. The van der Waals surface area contributed by atoms with Crippen molar-refractivity contribution in [1.29, 1.82) is 0 Å². The standard InChI is InChI=1S/C9H16N4O4S/c1-2-3-4-5-6-13-8(11)7(10)9(12-13)17-18(14,15)16-6/h6H,2-5,10-11H2,1H3. The van der Waals surface area contributed by atoms with Crippen LogP contribution in [0.15, 0.2) is 0 Å². The monoisotopic (exact) mass is 276 g/mol. The zero-order valence-electron chi connectivity index (χ0n) is 10.00. The lowest BCUT2D eigenvalue weighted by molar-refractivity contribution is 0.110. The fraction of sp³-hybridized carbons (Fsp3) is 0.667. The first kappa shape index (κ1) is 13.0. The van der Waals surface area contributed by atoms with E-state index < -0.39 is 16.6 Å². The highest BCUT2D eigenvalue weighted by atomic mass is 32.3. The van der Waals surface area contributed by atoms with Crippen LogP contribution in [-0.4, -0.2) is 18.2 Å². The maximum atomic E-state index is 11.5. The Morgan fingerprint density at radius 3 is 2.78 bits per heavy atom. The number of rotatable bonds is 4. The first-order valence-corrected chi connectivity index (χ1v) is 7.04. The molecular formula is C9H16N4O4S. The van der Waals surface area contributed by atoms with Crippen molar-refractivity contribution in [2.75, 3.05) is 11.5 Å². The average Bonchev–Trinajstić information content (AvgIpc) is 2.48. The van der Waals surface area contributed by atoms with E-state index in [4.69, 9.17) is 15.7 Å². The van der Waals surface area contributed by atoms with Crippen molar-refractivity contribution in [3.63, 3.8) is 0 Å². The molecule has 1 aliphatic rings. The summed E-state index contributed by atoms with van der Waals surface area (Å²) in [6.07, 6.45) is 2.44. The Morgan fingerprint density at radius 2 is 2.11 bits per heavy atom. The number of anilines is 2. The highest BCUT2D eigenvalue weighted by molar-refractivity contribution is 7.82. The first-order chi connectivity index (χ1) is 8.44. The number of hydrogen-bond donors (Lipinski definition) is 2. The summed E-state index contributed by atoms with van der Waals surface area (Å²) in [5.74, 6) is -0.0770. The van der Waals surface area contributed by atoms with Crippen LogP contribution in [0.3, 0.4) is 0 Å². The molecule has 1 aromatic rings. The van der Waals surface area contributed by atoms with Crippen LogP contribution in [0.1, 0.15) is 38.8 Å². The van der Waals surface area contributed by atoms with Crippen LogP contribution in [0.4, 0.5) is 11.5 Å². The minimum absolute atomic E-state index is 0.0161. The van der Waals surface area contributed by atoms with Crippen LogP contribution >= 0.6 is 0 Å². The predicted octanol–water partition coefficient (Wildman–Crippen LogP) is 0.780. The van der Waals surface area contributed by atoms with E-state index in [-0.39, 0.29) is 17.4 Å². The lowest BCUT2D eigenvalue weighted by Crippen LogP contribution is -2.21. The summed E-state index contributed by atoms with van der Waals surface area (Å²) >= 11 is 0. The van der Waals surface area contributed by atoms with Crippen molar-refractivity contribution in [2.45, 2.75) is 38.8 Å². The van der Waals surface area contributed by atoms with Gasteiger partial charge in [0.25, 0.3) is 5.88 Å². The van der Waals surface area contributed by atoms with Crippen molar-refractivity contribution < 1.29 is 16.8 Å². The van der Waals surface area contributed by atoms with Gasteiger partial charge in [0.05, 0.1) is 0 Å². The van der Waals surface area contributed by atoms with Crippen LogP contribution in [0.2, 0.25) is 0 Å². The summed E-state index contributed by atoms with van der Waals surface area (Å²) in [6.45, 7) is 2.05. The van der Waals surface area contributed by atoms with Gasteiger partial charge in [0.1, 0.15) is 5.69 Å². The van der Waals surface area contributed by atoms with Gasteiger partial charge in [-0.2, -0.15) is 8.42 Å². The molecule has 2 rings (SSSR count). The number of nitrogen functional groups attached to an aromatic ring is 2. The topological polar surface area (TPSA) is 122 Å². The molecule has 2 bridgehead atoms. The van der Waals surface area contributed by atoms with Crippen LogP contribution in [0, 0.1) is 0 Å². The number of unbranched alkanes of at least 4 members (excludes halogenated alkanes) is 2. The number of hydrogen-bond acceptors (Lipinski definition) is 7. The number of fused-ring (bicyclic) bond motifs is 2. The summed E-state index contributed by atoms with van der Waals surface area (Å²) in [5, 5.41) is 3.90. The maximum Gasteiger partial charge on any atom is 0.452 e. The molecule has 0 aromatic carbocycles. The third-order valence-electron chi connectivity index (χ3n) is 2.69. The molecule has 0 fully saturated rings. The Labute approximate surface area is 105 Å². The van der Waals surface area contributed by atoms with Crippen LogP contribution in [0.25, 0.3) is 0 Å². The van der Waals surface area contributed by atoms with Gasteiger partial charge in [-0.25, -0.2) is 8.86 Å². The number of nitrogens with zero attached hydrogens (tertiary/aromatic N) is 2. The quantitative estimate of drug-likeness (QED) is 0.779. The summed E-state index contributed by atoms with van der Waals surface area (Å²) < 4.78 is 33.7. The minimum atomic E-state index is -4.13. The lowest BCUT2D eigenvalue weighted by atomic mass is 10.2. The van der Waals surface area contributed by atoms with Gasteiger partial charge in [0, 0.05) is 0 Å². The lowest BCUT2D eigenvalue weighted by Gasteiger charge is -2.17. The molecule has 0 radical (unpaired) electrons. The van der Waals surface area contributed by atoms with Crippen molar-refractivity contribution >= 4 is 21.9 Å². The Morgan fingerprint density at radius 1 is 1.39 bits per heavy atom. The van der Waals surface area contributed by atoms with Crippen LogP contribution in [-0.2, 0) is 14.6 Å². The molecule has 102 valence electrons. The van der Waals surface area contributed by atoms with Crippen molar-refractivity contribution in [3.8, 4) is 5.88 Å². The second-order valence-corrected chi connectivity index (χ2v) is 5.26. The average molecular weight is 276 g/mol. The second-order valence-electron chi connectivity index (χ2n) is 4.09. The van der Waals surface area contributed by atoms with E-state index in [0.29, 0.717) is 6.42 Å². The molecule has 8 nitrogen and oxygen atoms in total. The predicted molar refractivity (Wildman–Crippen MR) is 64.9 cm³/mol. The molecule has 2 heterocycles. The molecule has 1 aliphatic heterocycles. The highest BCUT2D eigenvalue weighted by Gasteiger charge is 2.33. The normalized spacial score (nSPS) is 21.3. The molecule has 9 heteroatoms. The summed E-state index contributed by atoms with van der Waals surface area (Å²) in [4.78, 5) is 0. The fourth-order valence-electron chi connectivity index (χ4n) is 1.75. The molecule has 0 amide bonds. The summed E-state index contributed by atoms with van der Waals surface area (Å²) in [7, 11) is -4.13. The van der Waals surface area contributed by atoms with Gasteiger partial charge < -0.3 is 15.7 Å². The summed E-state index contributed by atoms with van der Waals surface area (Å²) in [5.41, 5.74) is 11.4. The van der Waals surface area contributed by atoms with Crippen molar-refractivity contribution in [3.05, 3.63) is 0 Å². The molecule has 0 saturated carbocycles. The first-order valence-electron chi connectivity index (χ1n) is 5.70. The van der Waals surface area contributed by atoms with E-state index in [0.717, 1.165) is 19.3 Å². The van der Waals surface area contributed by atoms with E-state index in [1.165, 1.54) is 4.68 Å². The molecule has 1 unspecified atom stereocenters. The van der Waals surface area contributed by atoms with Gasteiger partial charge in [-0.15, -0.1) is 5.10 Å². The Balaban J connectivity index is 2.30. The smallest absolute Gasteiger partial charge is 0.391 e. The number of aromatic nitrogens is 2. The fourth-order valence-corrected chi connectivity index (χ4v) is 2.56. The van der Waals surface area contributed by atoms with Crippen molar-refractivity contribution in [2.24, 2.45) is 0 Å². The van der Waals surface area contributed by atoms with Gasteiger partial charge >= 0.3 is 10.4 Å². The molecule has 0 spiro atoms. The van der Waals surface area contributed by atoms with E-state index in [9.17, 15) is 8.42 Å². The Bertz CT molecular complexity index is 539. The van der Waals surface area contributed by atoms with Gasteiger partial charge in [-0.05, 0) is 12.8 Å². The minimum Gasteiger partial charge on any atom is -0.391 e. The van der Waals surface area contributed by atoms with Gasteiger partial charge in [-0.1, -0.05) is 19.8 Å². The molecule has 4 N–H and O–H groups in total. The third kappa shape index (κ3) is 2.36. The van der Waals surface area contributed by atoms with Gasteiger partial charge in [-0.3, -0.25) is 0 Å². The highest BCUT2D eigenvalue weighted by Crippen LogP contribution is 2.36. The van der Waals surface area contributed by atoms with E-state index in [1.54, 1.807) is 0 Å². The molecule has 0 aliphatic carbocycles. The molecule has 1 aromatic heterocycles. The maximum absolute atomic E-state index is 11.5. The Kier molecular flexibility index (Phi) is 3.35. The van der Waals surface area contributed by atoms with E-state index >= 15 is 0 Å². The van der Waals surface area contributed by atoms with Gasteiger partial charge in [0.2, 0.25) is 0 Å². The third-order valence-corrected chi connectivity index (χ3v) is 3.51. The second kappa shape index (κ2) is 4.65. The SMILES string of the molecule is CCCCCC1OS(=O)(=O)Oc2nn1c(N)c2N. The van der Waals surface area contributed by atoms with E-state index in [2.05, 4.69) is 9.28 Å². The Hall–Kier alpha value is -1.48. The number of nitrogens with two attached hydrogens (primary N) is 2. The largest absolute Gasteiger partial charge is 0.452 e. The van der Waals surface area contributed by atoms with Crippen LogP contribution < -0.4 is 15.7 Å². The molecule has 18 heavy (non-hydrogen) atoms. The molecule has 0 saturated heterocycles. The van der Waals surface area contributed by atoms with Crippen LogP contribution in [0.5, 0.6) is 5.88 Å². The van der Waals surface area contributed by atoms with Crippen molar-refractivity contribution in [1.82, 2.24) is 9.78 Å². The molecular weight excluding hydrogens is 260 g/mol. The zero-order chi connectivity index (χ0) is 13.3. The zero-order valence-corrected chi connectivity index (χ0v) is 10.8. The van der Waals surface area contributed by atoms with Gasteiger partial charge in [0.15, 0.2) is 12.0 Å². The van der Waals surface area contributed by atoms with E-state index in [1.807, 2.05) is 6.92 Å².